The number of aromatic amines is 1. The maximum Gasteiger partial charge on any atom is 0.277 e. The number of H-pyrrole nitrogens is 1. The van der Waals surface area contributed by atoms with Gasteiger partial charge in [0, 0.05) is 10.9 Å². The highest BCUT2D eigenvalue weighted by atomic mass is 32.1. The number of fused-ring (bicyclic) bond motifs is 1. The van der Waals surface area contributed by atoms with Gasteiger partial charge in [-0.15, -0.1) is 11.3 Å². The molecule has 8 heteroatoms. The molecule has 1 aliphatic heterocycles. The van der Waals surface area contributed by atoms with Crippen molar-refractivity contribution in [1.29, 1.82) is 0 Å². The van der Waals surface area contributed by atoms with Gasteiger partial charge in [-0.2, -0.15) is 5.10 Å². The fourth-order valence-corrected chi connectivity index (χ4v) is 4.60. The molecule has 1 amide bonds. The zero-order valence-electron chi connectivity index (χ0n) is 14.7. The lowest BCUT2D eigenvalue weighted by molar-refractivity contribution is -0.117. The van der Waals surface area contributed by atoms with E-state index < -0.39 is 0 Å². The molecule has 0 saturated carbocycles. The van der Waals surface area contributed by atoms with E-state index in [1.54, 1.807) is 25.2 Å². The molecule has 4 rings (SSSR count). The predicted molar refractivity (Wildman–Crippen MR) is 101 cm³/mol. The highest BCUT2D eigenvalue weighted by Crippen LogP contribution is 2.34. The first-order valence-electron chi connectivity index (χ1n) is 8.60. The summed E-state index contributed by atoms with van der Waals surface area (Å²) in [7, 11) is 0. The number of aryl methyl sites for hydroxylation is 2. The Kier molecular flexibility index (Phi) is 4.37. The number of anilines is 1. The van der Waals surface area contributed by atoms with E-state index in [4.69, 9.17) is 4.42 Å². The van der Waals surface area contributed by atoms with Crippen LogP contribution in [-0.2, 0) is 4.79 Å². The van der Waals surface area contributed by atoms with Crippen molar-refractivity contribution in [1.82, 2.24) is 15.1 Å². The van der Waals surface area contributed by atoms with Gasteiger partial charge in [-0.25, -0.2) is 5.10 Å². The minimum absolute atomic E-state index is 0.182. The van der Waals surface area contributed by atoms with Gasteiger partial charge in [0.2, 0.25) is 11.8 Å². The highest BCUT2D eigenvalue weighted by molar-refractivity contribution is 7.10. The van der Waals surface area contributed by atoms with Crippen molar-refractivity contribution in [2.24, 2.45) is 0 Å². The Labute approximate surface area is 154 Å². The second-order valence-corrected chi connectivity index (χ2v) is 7.55. The lowest BCUT2D eigenvalue weighted by Gasteiger charge is -2.22. The van der Waals surface area contributed by atoms with Gasteiger partial charge < -0.3 is 4.42 Å². The van der Waals surface area contributed by atoms with Crippen LogP contribution in [0.5, 0.6) is 0 Å². The molecule has 0 radical (unpaired) electrons. The molecule has 3 aromatic rings. The van der Waals surface area contributed by atoms with Crippen LogP contribution in [0.1, 0.15) is 35.2 Å². The third kappa shape index (κ3) is 2.95. The first-order chi connectivity index (χ1) is 12.5. The minimum atomic E-state index is -0.365. The first kappa shape index (κ1) is 17.0. The number of nitrogens with one attached hydrogen (secondary N) is 2. The summed E-state index contributed by atoms with van der Waals surface area (Å²) in [6.07, 6.45) is 2.13. The number of likely N-dealkylation sites (tertiary alicyclic amines) is 1. The van der Waals surface area contributed by atoms with Crippen LogP contribution in [0.15, 0.2) is 26.7 Å². The maximum absolute atomic E-state index is 12.6. The molecular formula is C18H20N4O3S. The minimum Gasteiger partial charge on any atom is -0.444 e. The monoisotopic (exact) mass is 372 g/mol. The Hall–Kier alpha value is -2.45. The average molecular weight is 372 g/mol. The summed E-state index contributed by atoms with van der Waals surface area (Å²) in [4.78, 5) is 28.2. The fraction of sp³-hybridized carbons (Fsp3) is 0.389. The Balaban J connectivity index is 1.55. The molecule has 2 N–H and O–H groups in total. The van der Waals surface area contributed by atoms with Crippen molar-refractivity contribution in [3.8, 4) is 0 Å². The molecule has 26 heavy (non-hydrogen) atoms. The van der Waals surface area contributed by atoms with Crippen molar-refractivity contribution in [2.45, 2.75) is 32.7 Å². The summed E-state index contributed by atoms with van der Waals surface area (Å²) >= 11 is 1.72. The third-order valence-corrected chi connectivity index (χ3v) is 5.81. The summed E-state index contributed by atoms with van der Waals surface area (Å²) in [5.41, 5.74) is 0.300. The molecule has 136 valence electrons. The topological polar surface area (TPSA) is 91.2 Å². The van der Waals surface area contributed by atoms with Crippen molar-refractivity contribution in [3.63, 3.8) is 0 Å². The molecule has 1 saturated heterocycles. The van der Waals surface area contributed by atoms with Crippen molar-refractivity contribution in [2.75, 3.05) is 18.4 Å². The van der Waals surface area contributed by atoms with Crippen LogP contribution in [0, 0.1) is 13.8 Å². The molecule has 1 atom stereocenters. The number of thiophene rings is 1. The normalized spacial score (nSPS) is 17.8. The van der Waals surface area contributed by atoms with Gasteiger partial charge in [0.15, 0.2) is 0 Å². The quantitative estimate of drug-likeness (QED) is 0.735. The Morgan fingerprint density at radius 1 is 1.46 bits per heavy atom. The van der Waals surface area contributed by atoms with E-state index in [0.717, 1.165) is 19.4 Å². The SMILES string of the molecule is Cc1n[nH]c(=O)c2c(NC(=O)CN3CCCC3c3cccs3)oc(C)c12. The van der Waals surface area contributed by atoms with E-state index in [0.29, 0.717) is 22.2 Å². The number of nitrogens with zero attached hydrogens (tertiary/aromatic N) is 2. The number of hydrogen-bond donors (Lipinski definition) is 2. The van der Waals surface area contributed by atoms with Gasteiger partial charge in [-0.05, 0) is 44.7 Å². The summed E-state index contributed by atoms with van der Waals surface area (Å²) in [6, 6.07) is 4.44. The molecule has 4 heterocycles. The number of furan rings is 1. The first-order valence-corrected chi connectivity index (χ1v) is 9.48. The van der Waals surface area contributed by atoms with Crippen LogP contribution in [0.4, 0.5) is 5.88 Å². The van der Waals surface area contributed by atoms with Gasteiger partial charge in [-0.3, -0.25) is 19.8 Å². The molecule has 0 aromatic carbocycles. The molecule has 0 bridgehead atoms. The summed E-state index contributed by atoms with van der Waals surface area (Å²) < 4.78 is 5.65. The van der Waals surface area contributed by atoms with Crippen LogP contribution in [0.2, 0.25) is 0 Å². The number of aromatic nitrogens is 2. The lowest BCUT2D eigenvalue weighted by Crippen LogP contribution is -2.32. The van der Waals surface area contributed by atoms with Crippen molar-refractivity contribution >= 4 is 33.9 Å². The van der Waals surface area contributed by atoms with Gasteiger partial charge in [0.1, 0.15) is 11.1 Å². The second kappa shape index (κ2) is 6.69. The molecule has 7 nitrogen and oxygen atoms in total. The number of hydrogen-bond acceptors (Lipinski definition) is 6. The van der Waals surface area contributed by atoms with E-state index in [-0.39, 0.29) is 29.9 Å². The zero-order valence-corrected chi connectivity index (χ0v) is 15.5. The van der Waals surface area contributed by atoms with E-state index in [9.17, 15) is 9.59 Å². The van der Waals surface area contributed by atoms with E-state index >= 15 is 0 Å². The van der Waals surface area contributed by atoms with Crippen LogP contribution in [-0.4, -0.2) is 34.1 Å². The molecule has 3 aromatic heterocycles. The van der Waals surface area contributed by atoms with Gasteiger partial charge in [0.25, 0.3) is 5.56 Å². The fourth-order valence-electron chi connectivity index (χ4n) is 3.70. The number of amides is 1. The second-order valence-electron chi connectivity index (χ2n) is 6.57. The Bertz CT molecular complexity index is 1010. The van der Waals surface area contributed by atoms with Crippen LogP contribution in [0.25, 0.3) is 10.8 Å². The standard InChI is InChI=1S/C18H20N4O3S/c1-10-15-11(2)25-18(16(15)17(24)21-20-10)19-14(23)9-22-7-3-5-12(22)13-6-4-8-26-13/h4,6,8,12H,3,5,7,9H2,1-2H3,(H,19,23)(H,21,24). The van der Waals surface area contributed by atoms with Crippen LogP contribution < -0.4 is 10.9 Å². The largest absolute Gasteiger partial charge is 0.444 e. The highest BCUT2D eigenvalue weighted by Gasteiger charge is 2.29. The van der Waals surface area contributed by atoms with Crippen molar-refractivity contribution in [3.05, 3.63) is 44.2 Å². The van der Waals surface area contributed by atoms with Gasteiger partial charge in [-0.1, -0.05) is 6.07 Å². The maximum atomic E-state index is 12.6. The van der Waals surface area contributed by atoms with E-state index in [1.807, 2.05) is 6.07 Å². The summed E-state index contributed by atoms with van der Waals surface area (Å²) in [6.45, 7) is 4.71. The summed E-state index contributed by atoms with van der Waals surface area (Å²) in [5, 5.41) is 12.2. The lowest BCUT2D eigenvalue weighted by atomic mass is 10.2. The molecule has 0 aliphatic carbocycles. The third-order valence-electron chi connectivity index (χ3n) is 4.83. The molecule has 1 aliphatic rings. The zero-order chi connectivity index (χ0) is 18.3. The number of rotatable bonds is 4. The van der Waals surface area contributed by atoms with Crippen molar-refractivity contribution < 1.29 is 9.21 Å². The smallest absolute Gasteiger partial charge is 0.277 e. The average Bonchev–Trinajstić information content (AvgIpc) is 3.31. The van der Waals surface area contributed by atoms with Gasteiger partial charge in [0.05, 0.1) is 17.6 Å². The van der Waals surface area contributed by atoms with Crippen LogP contribution >= 0.6 is 11.3 Å². The predicted octanol–water partition coefficient (Wildman–Crippen LogP) is 2.97. The number of carbonyl (C=O) groups is 1. The summed E-state index contributed by atoms with van der Waals surface area (Å²) in [5.74, 6) is 0.586. The molecule has 0 spiro atoms. The Morgan fingerprint density at radius 3 is 3.08 bits per heavy atom. The van der Waals surface area contributed by atoms with E-state index in [1.165, 1.54) is 4.88 Å². The Morgan fingerprint density at radius 2 is 2.31 bits per heavy atom. The van der Waals surface area contributed by atoms with Gasteiger partial charge >= 0.3 is 0 Å². The molecule has 1 unspecified atom stereocenters. The molecule has 1 fully saturated rings. The van der Waals surface area contributed by atoms with Crippen LogP contribution in [0.3, 0.4) is 0 Å². The number of carbonyl (C=O) groups excluding carboxylic acids is 1. The van der Waals surface area contributed by atoms with E-state index in [2.05, 4.69) is 31.9 Å². The molecular weight excluding hydrogens is 352 g/mol.